The van der Waals surface area contributed by atoms with Crippen molar-refractivity contribution in [2.75, 3.05) is 5.32 Å². The minimum Gasteiger partial charge on any atom is -0.351 e. The van der Waals surface area contributed by atoms with Crippen molar-refractivity contribution in [1.29, 1.82) is 0 Å². The molecule has 6 rings (SSSR count). The Labute approximate surface area is 152 Å². The third kappa shape index (κ3) is 2.52. The van der Waals surface area contributed by atoms with Crippen LogP contribution in [0, 0.1) is 17.3 Å². The van der Waals surface area contributed by atoms with Crippen molar-refractivity contribution in [3.05, 3.63) is 10.6 Å². The van der Waals surface area contributed by atoms with Crippen molar-refractivity contribution in [3.63, 3.8) is 0 Å². The number of amides is 2. The Morgan fingerprint density at radius 1 is 1.16 bits per heavy atom. The van der Waals surface area contributed by atoms with E-state index in [1.165, 1.54) is 23.4 Å². The Kier molecular flexibility index (Phi) is 3.34. The van der Waals surface area contributed by atoms with Gasteiger partial charge in [-0.05, 0) is 69.6 Å². The van der Waals surface area contributed by atoms with Crippen LogP contribution in [-0.4, -0.2) is 22.3 Å². The van der Waals surface area contributed by atoms with Crippen molar-refractivity contribution in [1.82, 2.24) is 10.3 Å². The van der Waals surface area contributed by atoms with Gasteiger partial charge in [0, 0.05) is 17.3 Å². The van der Waals surface area contributed by atoms with Crippen molar-refractivity contribution in [2.45, 2.75) is 70.3 Å². The molecular weight excluding hydrogens is 334 g/mol. The summed E-state index contributed by atoms with van der Waals surface area (Å²) in [5.41, 5.74) is 0.709. The normalized spacial score (nSPS) is 37.8. The second-order valence-corrected chi connectivity index (χ2v) is 9.98. The van der Waals surface area contributed by atoms with E-state index in [1.54, 1.807) is 18.3 Å². The van der Waals surface area contributed by atoms with E-state index in [4.69, 9.17) is 0 Å². The molecule has 5 aliphatic carbocycles. The van der Waals surface area contributed by atoms with E-state index in [-0.39, 0.29) is 22.8 Å². The van der Waals surface area contributed by atoms with Crippen LogP contribution in [0.25, 0.3) is 0 Å². The lowest BCUT2D eigenvalue weighted by Gasteiger charge is -2.61. The quantitative estimate of drug-likeness (QED) is 0.871. The second-order valence-electron chi connectivity index (χ2n) is 8.90. The lowest BCUT2D eigenvalue weighted by atomic mass is 9.46. The molecule has 25 heavy (non-hydrogen) atoms. The van der Waals surface area contributed by atoms with E-state index in [0.29, 0.717) is 11.8 Å². The van der Waals surface area contributed by atoms with Crippen LogP contribution < -0.4 is 10.6 Å². The molecule has 4 saturated carbocycles. The van der Waals surface area contributed by atoms with E-state index in [1.807, 2.05) is 0 Å². The molecule has 2 unspecified atom stereocenters. The number of thiazole rings is 1. The number of carbonyl (C=O) groups excluding carboxylic acids is 2. The summed E-state index contributed by atoms with van der Waals surface area (Å²) in [5.74, 6) is 1.32. The Bertz CT molecular complexity index is 720. The van der Waals surface area contributed by atoms with Crippen LogP contribution in [0.15, 0.2) is 0 Å². The molecule has 134 valence electrons. The zero-order chi connectivity index (χ0) is 17.2. The summed E-state index contributed by atoms with van der Waals surface area (Å²) in [5, 5.41) is 7.16. The van der Waals surface area contributed by atoms with Crippen molar-refractivity contribution in [3.8, 4) is 0 Å². The first-order chi connectivity index (χ1) is 12.0. The number of aryl methyl sites for hydroxylation is 2. The van der Waals surface area contributed by atoms with Gasteiger partial charge in [-0.15, -0.1) is 11.3 Å². The monoisotopic (exact) mass is 359 g/mol. The minimum atomic E-state index is -0.317. The van der Waals surface area contributed by atoms with Crippen LogP contribution in [0.5, 0.6) is 0 Å². The third-order valence-electron chi connectivity index (χ3n) is 6.80. The van der Waals surface area contributed by atoms with Crippen LogP contribution in [0.4, 0.5) is 5.13 Å². The molecule has 6 heteroatoms. The summed E-state index contributed by atoms with van der Waals surface area (Å²) in [6.45, 7) is 1.60. The lowest BCUT2D eigenvalue weighted by Crippen LogP contribution is -2.65. The van der Waals surface area contributed by atoms with Gasteiger partial charge in [0.2, 0.25) is 11.8 Å². The first-order valence-corrected chi connectivity index (χ1v) is 10.4. The molecule has 1 aromatic heterocycles. The largest absolute Gasteiger partial charge is 0.351 e. The first kappa shape index (κ1) is 15.8. The molecule has 0 aliphatic heterocycles. The van der Waals surface area contributed by atoms with Gasteiger partial charge < -0.3 is 10.6 Å². The number of nitrogens with one attached hydrogen (secondary N) is 2. The van der Waals surface area contributed by atoms with Crippen LogP contribution in [-0.2, 0) is 22.4 Å². The van der Waals surface area contributed by atoms with Gasteiger partial charge in [0.25, 0.3) is 0 Å². The molecule has 0 radical (unpaired) electrons. The summed E-state index contributed by atoms with van der Waals surface area (Å²) < 4.78 is 0. The molecule has 1 aromatic rings. The first-order valence-electron chi connectivity index (χ1n) is 9.54. The van der Waals surface area contributed by atoms with Gasteiger partial charge >= 0.3 is 0 Å². The average molecular weight is 359 g/mol. The van der Waals surface area contributed by atoms with E-state index < -0.39 is 0 Å². The van der Waals surface area contributed by atoms with Gasteiger partial charge in [-0.25, -0.2) is 4.98 Å². The SMILES string of the molecule is CC(=O)NC12C[C@H]3C[C@@H](C1)CC(C(=O)Nc1nc4c(s1)CCC4)(C3)C2. The predicted molar refractivity (Wildman–Crippen MR) is 96.4 cm³/mol. The molecule has 0 saturated heterocycles. The topological polar surface area (TPSA) is 71.1 Å². The number of hydrogen-bond donors (Lipinski definition) is 2. The molecule has 4 atom stereocenters. The zero-order valence-corrected chi connectivity index (χ0v) is 15.5. The fourth-order valence-corrected chi connectivity index (χ4v) is 7.57. The number of rotatable bonds is 3. The highest BCUT2D eigenvalue weighted by Gasteiger charge is 2.61. The van der Waals surface area contributed by atoms with Crippen LogP contribution in [0.3, 0.4) is 0 Å². The molecular formula is C19H25N3O2S. The van der Waals surface area contributed by atoms with E-state index in [2.05, 4.69) is 15.6 Å². The average Bonchev–Trinajstić information content (AvgIpc) is 3.05. The van der Waals surface area contributed by atoms with Gasteiger partial charge in [-0.1, -0.05) is 0 Å². The molecule has 1 heterocycles. The molecule has 0 spiro atoms. The molecule has 2 N–H and O–H groups in total. The number of fused-ring (bicyclic) bond motifs is 1. The maximum atomic E-state index is 13.3. The van der Waals surface area contributed by atoms with Crippen LogP contribution in [0.1, 0.15) is 62.4 Å². The molecule has 2 amide bonds. The highest BCUT2D eigenvalue weighted by molar-refractivity contribution is 7.15. The second kappa shape index (κ2) is 5.29. The third-order valence-corrected chi connectivity index (χ3v) is 7.87. The van der Waals surface area contributed by atoms with Crippen molar-refractivity contribution >= 4 is 28.3 Å². The van der Waals surface area contributed by atoms with Gasteiger partial charge in [0.05, 0.1) is 11.1 Å². The molecule has 5 aliphatic rings. The van der Waals surface area contributed by atoms with Crippen LogP contribution in [0.2, 0.25) is 0 Å². The zero-order valence-electron chi connectivity index (χ0n) is 14.7. The van der Waals surface area contributed by atoms with Gasteiger partial charge in [0.1, 0.15) is 0 Å². The van der Waals surface area contributed by atoms with Crippen molar-refractivity contribution < 1.29 is 9.59 Å². The smallest absolute Gasteiger partial charge is 0.232 e. The summed E-state index contributed by atoms with van der Waals surface area (Å²) in [6.07, 6.45) is 9.39. The number of carbonyl (C=O) groups is 2. The summed E-state index contributed by atoms with van der Waals surface area (Å²) in [6, 6.07) is 0. The van der Waals surface area contributed by atoms with E-state index in [9.17, 15) is 9.59 Å². The Balaban J connectivity index is 1.40. The highest BCUT2D eigenvalue weighted by atomic mass is 32.1. The van der Waals surface area contributed by atoms with Crippen LogP contribution >= 0.6 is 11.3 Å². The molecule has 4 bridgehead atoms. The summed E-state index contributed by atoms with van der Waals surface area (Å²) >= 11 is 1.65. The molecule has 5 nitrogen and oxygen atoms in total. The molecule has 0 aromatic carbocycles. The minimum absolute atomic E-state index is 0.0360. The number of hydrogen-bond acceptors (Lipinski definition) is 4. The highest BCUT2D eigenvalue weighted by Crippen LogP contribution is 2.62. The Morgan fingerprint density at radius 3 is 2.60 bits per heavy atom. The van der Waals surface area contributed by atoms with Gasteiger partial charge in [-0.2, -0.15) is 0 Å². The fraction of sp³-hybridized carbons (Fsp3) is 0.737. The van der Waals surface area contributed by atoms with Crippen molar-refractivity contribution in [2.24, 2.45) is 17.3 Å². The summed E-state index contributed by atoms with van der Waals surface area (Å²) in [4.78, 5) is 31.0. The van der Waals surface area contributed by atoms with Gasteiger partial charge in [-0.3, -0.25) is 9.59 Å². The number of anilines is 1. The Morgan fingerprint density at radius 2 is 1.92 bits per heavy atom. The maximum absolute atomic E-state index is 13.3. The Hall–Kier alpha value is -1.43. The summed E-state index contributed by atoms with van der Waals surface area (Å²) in [7, 11) is 0. The lowest BCUT2D eigenvalue weighted by molar-refractivity contribution is -0.148. The van der Waals surface area contributed by atoms with E-state index >= 15 is 0 Å². The predicted octanol–water partition coefficient (Wildman–Crippen LogP) is 3.05. The fourth-order valence-electron chi connectivity index (χ4n) is 6.52. The maximum Gasteiger partial charge on any atom is 0.232 e. The van der Waals surface area contributed by atoms with Gasteiger partial charge in [0.15, 0.2) is 5.13 Å². The standard InChI is InChI=1S/C19H25N3O2S/c1-11(23)22-19-8-12-5-13(9-19)7-18(6-12,10-19)16(24)21-17-20-14-3-2-4-15(14)25-17/h12-13H,2-10H2,1H3,(H,22,23)(H,20,21,24)/t12-,13+,18?,19?. The number of nitrogens with zero attached hydrogens (tertiary/aromatic N) is 1. The molecule has 4 fully saturated rings. The number of aromatic nitrogens is 1. The van der Waals surface area contributed by atoms with E-state index in [0.717, 1.165) is 50.1 Å².